The lowest BCUT2D eigenvalue weighted by atomic mass is 9.93. The zero-order chi connectivity index (χ0) is 26.3. The molecule has 2 aromatic carbocycles. The van der Waals surface area contributed by atoms with Crippen molar-refractivity contribution < 1.29 is 4.39 Å². The van der Waals surface area contributed by atoms with Crippen LogP contribution in [0.2, 0.25) is 5.02 Å². The lowest BCUT2D eigenvalue weighted by Crippen LogP contribution is -2.57. The number of nitriles is 1. The number of fused-ring (bicyclic) bond motifs is 1. The van der Waals surface area contributed by atoms with Gasteiger partial charge in [0.15, 0.2) is 0 Å². The Bertz CT molecular complexity index is 1500. The van der Waals surface area contributed by atoms with E-state index in [0.29, 0.717) is 34.8 Å². The monoisotopic (exact) mass is 515 g/mol. The summed E-state index contributed by atoms with van der Waals surface area (Å²) in [6, 6.07) is 21.6. The van der Waals surface area contributed by atoms with Gasteiger partial charge in [0.05, 0.1) is 17.2 Å². The van der Waals surface area contributed by atoms with Crippen molar-refractivity contribution in [1.29, 1.82) is 5.26 Å². The first-order valence-corrected chi connectivity index (χ1v) is 12.6. The van der Waals surface area contributed by atoms with Gasteiger partial charge < -0.3 is 9.47 Å². The molecule has 0 bridgehead atoms. The minimum absolute atomic E-state index is 0.0364. The number of hydrogen-bond acceptors (Lipinski definition) is 5. The third-order valence-corrected chi connectivity index (χ3v) is 7.48. The molecule has 1 unspecified atom stereocenters. The summed E-state index contributed by atoms with van der Waals surface area (Å²) in [5, 5.41) is 10.1. The second kappa shape index (κ2) is 9.97. The van der Waals surface area contributed by atoms with Crippen LogP contribution < -0.4 is 10.5 Å². The van der Waals surface area contributed by atoms with Crippen LogP contribution in [0.15, 0.2) is 71.5 Å². The third-order valence-electron chi connectivity index (χ3n) is 7.23. The van der Waals surface area contributed by atoms with Crippen LogP contribution in [0.5, 0.6) is 0 Å². The van der Waals surface area contributed by atoms with Gasteiger partial charge in [0.25, 0.3) is 5.56 Å². The Morgan fingerprint density at radius 2 is 1.65 bits per heavy atom. The van der Waals surface area contributed by atoms with Crippen LogP contribution >= 0.6 is 11.6 Å². The molecule has 188 valence electrons. The standard InChI is InChI=1S/C29H27ClFN5O/c1-18-17-36(29(20-4-8-22(30)9-5-20)21-6-10-23(31)11-7-21)19(2)16-35(18)26-14-27(37)34(3)25-13-12-24(15-32)33-28(25)26/h4-14,18-19,29H,16-17H2,1-3H3/t18-,19+,29?/m0/s1. The molecular formula is C29H27ClFN5O. The molecule has 8 heteroatoms. The highest BCUT2D eigenvalue weighted by atomic mass is 35.5. The number of piperazine rings is 1. The number of aryl methyl sites for hydroxylation is 1. The molecule has 4 aromatic rings. The summed E-state index contributed by atoms with van der Waals surface area (Å²) in [7, 11) is 1.71. The van der Waals surface area contributed by atoms with Gasteiger partial charge in [-0.25, -0.2) is 9.37 Å². The molecule has 0 radical (unpaired) electrons. The van der Waals surface area contributed by atoms with E-state index in [9.17, 15) is 14.4 Å². The van der Waals surface area contributed by atoms with Crippen molar-refractivity contribution in [3.05, 3.63) is 105 Å². The van der Waals surface area contributed by atoms with E-state index in [-0.39, 0.29) is 29.5 Å². The zero-order valence-electron chi connectivity index (χ0n) is 20.9. The van der Waals surface area contributed by atoms with Crippen molar-refractivity contribution in [2.75, 3.05) is 18.0 Å². The van der Waals surface area contributed by atoms with Crippen LogP contribution in [0, 0.1) is 17.1 Å². The number of benzene rings is 2. The number of aromatic nitrogens is 2. The maximum atomic E-state index is 13.8. The lowest BCUT2D eigenvalue weighted by Gasteiger charge is -2.48. The Hall–Kier alpha value is -3.73. The molecule has 2 aromatic heterocycles. The van der Waals surface area contributed by atoms with Gasteiger partial charge in [-0.3, -0.25) is 9.69 Å². The van der Waals surface area contributed by atoms with E-state index in [4.69, 9.17) is 11.6 Å². The first-order chi connectivity index (χ1) is 17.8. The Morgan fingerprint density at radius 1 is 1.00 bits per heavy atom. The van der Waals surface area contributed by atoms with Crippen LogP contribution in [0.1, 0.15) is 36.7 Å². The van der Waals surface area contributed by atoms with Crippen molar-refractivity contribution >= 4 is 28.3 Å². The highest BCUT2D eigenvalue weighted by Gasteiger charge is 2.36. The van der Waals surface area contributed by atoms with Gasteiger partial charge in [-0.15, -0.1) is 0 Å². The smallest absolute Gasteiger partial charge is 0.252 e. The molecule has 5 rings (SSSR count). The first-order valence-electron chi connectivity index (χ1n) is 12.2. The van der Waals surface area contributed by atoms with Gasteiger partial charge in [-0.2, -0.15) is 5.26 Å². The zero-order valence-corrected chi connectivity index (χ0v) is 21.7. The van der Waals surface area contributed by atoms with Gasteiger partial charge >= 0.3 is 0 Å². The molecule has 0 saturated carbocycles. The third kappa shape index (κ3) is 4.71. The second-order valence-corrected chi connectivity index (χ2v) is 10.1. The van der Waals surface area contributed by atoms with E-state index in [1.54, 1.807) is 29.8 Å². The molecular weight excluding hydrogens is 489 g/mol. The average molecular weight is 516 g/mol. The van der Waals surface area contributed by atoms with Crippen LogP contribution in [-0.4, -0.2) is 39.6 Å². The molecule has 37 heavy (non-hydrogen) atoms. The molecule has 1 saturated heterocycles. The summed E-state index contributed by atoms with van der Waals surface area (Å²) in [6.07, 6.45) is 0. The Labute approximate surface area is 220 Å². The highest BCUT2D eigenvalue weighted by molar-refractivity contribution is 6.30. The summed E-state index contributed by atoms with van der Waals surface area (Å²) in [6.45, 7) is 5.62. The van der Waals surface area contributed by atoms with E-state index in [2.05, 4.69) is 34.7 Å². The van der Waals surface area contributed by atoms with Gasteiger partial charge in [0.2, 0.25) is 0 Å². The van der Waals surface area contributed by atoms with E-state index in [1.165, 1.54) is 12.1 Å². The number of halogens is 2. The number of pyridine rings is 2. The van der Waals surface area contributed by atoms with Crippen LogP contribution in [0.3, 0.4) is 0 Å². The van der Waals surface area contributed by atoms with Crippen LogP contribution in [0.25, 0.3) is 11.0 Å². The van der Waals surface area contributed by atoms with Crippen LogP contribution in [-0.2, 0) is 7.05 Å². The largest absolute Gasteiger partial charge is 0.364 e. The molecule has 1 aliphatic heterocycles. The first kappa shape index (κ1) is 24.9. The van der Waals surface area contributed by atoms with Crippen molar-refractivity contribution in [1.82, 2.24) is 14.5 Å². The SMILES string of the molecule is C[C@@H]1CN(c2cc(=O)n(C)c3ccc(C#N)nc23)[C@@H](C)CN1C(c1ccc(F)cc1)c1ccc(Cl)cc1. The van der Waals surface area contributed by atoms with Crippen molar-refractivity contribution in [2.24, 2.45) is 7.05 Å². The fraction of sp³-hybridized carbons (Fsp3) is 0.276. The molecule has 0 amide bonds. The van der Waals surface area contributed by atoms with Crippen molar-refractivity contribution in [3.63, 3.8) is 0 Å². The minimum Gasteiger partial charge on any atom is -0.364 e. The average Bonchev–Trinajstić information content (AvgIpc) is 2.90. The van der Waals surface area contributed by atoms with Gasteiger partial charge in [0.1, 0.15) is 23.1 Å². The van der Waals surface area contributed by atoms with E-state index < -0.39 is 0 Å². The molecule has 0 N–H and O–H groups in total. The molecule has 3 atom stereocenters. The number of anilines is 1. The van der Waals surface area contributed by atoms with Gasteiger partial charge in [0, 0.05) is 43.3 Å². The van der Waals surface area contributed by atoms with Crippen LogP contribution in [0.4, 0.5) is 10.1 Å². The summed E-state index contributed by atoms with van der Waals surface area (Å²) in [5.41, 5.74) is 4.32. The maximum absolute atomic E-state index is 13.8. The summed E-state index contributed by atoms with van der Waals surface area (Å²) >= 11 is 6.18. The summed E-state index contributed by atoms with van der Waals surface area (Å²) in [4.78, 5) is 22.0. The predicted molar refractivity (Wildman–Crippen MR) is 144 cm³/mol. The number of hydrogen-bond donors (Lipinski definition) is 0. The fourth-order valence-corrected chi connectivity index (χ4v) is 5.43. The predicted octanol–water partition coefficient (Wildman–Crippen LogP) is 5.29. The normalized spacial score (nSPS) is 19.1. The molecule has 1 aliphatic rings. The second-order valence-electron chi connectivity index (χ2n) is 9.66. The lowest BCUT2D eigenvalue weighted by molar-refractivity contribution is 0.130. The summed E-state index contributed by atoms with van der Waals surface area (Å²) in [5.74, 6) is -0.272. The number of nitrogens with zero attached hydrogens (tertiary/aromatic N) is 5. The Morgan fingerprint density at radius 3 is 2.30 bits per heavy atom. The van der Waals surface area contributed by atoms with E-state index >= 15 is 0 Å². The molecule has 3 heterocycles. The maximum Gasteiger partial charge on any atom is 0.252 e. The Kier molecular flexibility index (Phi) is 6.72. The molecule has 0 spiro atoms. The van der Waals surface area contributed by atoms with Gasteiger partial charge in [-0.1, -0.05) is 35.9 Å². The fourth-order valence-electron chi connectivity index (χ4n) is 5.31. The topological polar surface area (TPSA) is 65.2 Å². The summed E-state index contributed by atoms with van der Waals surface area (Å²) < 4.78 is 15.3. The highest BCUT2D eigenvalue weighted by Crippen LogP contribution is 2.36. The Balaban J connectivity index is 1.55. The molecule has 0 aliphatic carbocycles. The number of rotatable bonds is 4. The van der Waals surface area contributed by atoms with Crippen molar-refractivity contribution in [3.8, 4) is 6.07 Å². The minimum atomic E-state index is -0.272. The molecule has 6 nitrogen and oxygen atoms in total. The van der Waals surface area contributed by atoms with Crippen molar-refractivity contribution in [2.45, 2.75) is 32.0 Å². The quantitative estimate of drug-likeness (QED) is 0.369. The molecule has 1 fully saturated rings. The van der Waals surface area contributed by atoms with Gasteiger partial charge in [-0.05, 0) is 61.4 Å². The van der Waals surface area contributed by atoms with E-state index in [0.717, 1.165) is 16.8 Å². The van der Waals surface area contributed by atoms with E-state index in [1.807, 2.05) is 36.4 Å².